The third-order valence-electron chi connectivity index (χ3n) is 2.76. The Kier molecular flexibility index (Phi) is 6.05. The summed E-state index contributed by atoms with van der Waals surface area (Å²) in [5.74, 6) is 2.45. The number of nitrogens with one attached hydrogen (secondary N) is 3. The number of amides is 1. The van der Waals surface area contributed by atoms with Crippen LogP contribution < -0.4 is 16.0 Å². The van der Waals surface area contributed by atoms with Gasteiger partial charge in [0, 0.05) is 38.5 Å². The van der Waals surface area contributed by atoms with E-state index in [9.17, 15) is 4.79 Å². The predicted molar refractivity (Wildman–Crippen MR) is 77.5 cm³/mol. The molecular weight excluding hydrogens is 242 g/mol. The summed E-state index contributed by atoms with van der Waals surface area (Å²) in [5.41, 5.74) is 0.968. The summed E-state index contributed by atoms with van der Waals surface area (Å²) < 4.78 is 0. The second kappa shape index (κ2) is 7.56. The van der Waals surface area contributed by atoms with E-state index in [1.54, 1.807) is 0 Å². The molecular formula is C13H23N5O. The lowest BCUT2D eigenvalue weighted by Crippen LogP contribution is -2.25. The van der Waals surface area contributed by atoms with Crippen molar-refractivity contribution in [2.45, 2.75) is 33.6 Å². The highest BCUT2D eigenvalue weighted by Gasteiger charge is 2.09. The van der Waals surface area contributed by atoms with Gasteiger partial charge in [-0.25, -0.2) is 9.97 Å². The largest absolute Gasteiger partial charge is 0.373 e. The van der Waals surface area contributed by atoms with Crippen molar-refractivity contribution in [2.75, 3.05) is 30.8 Å². The van der Waals surface area contributed by atoms with Crippen molar-refractivity contribution in [3.8, 4) is 0 Å². The number of nitrogens with zero attached hydrogens (tertiary/aromatic N) is 2. The van der Waals surface area contributed by atoms with Gasteiger partial charge in [0.2, 0.25) is 5.91 Å². The summed E-state index contributed by atoms with van der Waals surface area (Å²) in [6, 6.07) is 0. The lowest BCUT2D eigenvalue weighted by Gasteiger charge is -2.13. The maximum atomic E-state index is 11.4. The lowest BCUT2D eigenvalue weighted by molar-refractivity contribution is -0.120. The first-order valence-electron chi connectivity index (χ1n) is 6.68. The summed E-state index contributed by atoms with van der Waals surface area (Å²) >= 11 is 0. The molecule has 0 unspecified atom stereocenters. The fraction of sp³-hybridized carbons (Fsp3) is 0.615. The molecule has 0 saturated heterocycles. The van der Waals surface area contributed by atoms with E-state index in [2.05, 4.69) is 25.9 Å². The summed E-state index contributed by atoms with van der Waals surface area (Å²) in [6.45, 7) is 7.11. The third-order valence-corrected chi connectivity index (χ3v) is 2.76. The van der Waals surface area contributed by atoms with E-state index in [1.807, 2.05) is 27.8 Å². The summed E-state index contributed by atoms with van der Waals surface area (Å²) in [7, 11) is 1.84. The Hall–Kier alpha value is -1.85. The average molecular weight is 265 g/mol. The van der Waals surface area contributed by atoms with Crippen LogP contribution in [-0.4, -0.2) is 36.0 Å². The highest BCUT2D eigenvalue weighted by atomic mass is 16.1. The smallest absolute Gasteiger partial charge is 0.221 e. The first kappa shape index (κ1) is 15.2. The van der Waals surface area contributed by atoms with E-state index >= 15 is 0 Å². The van der Waals surface area contributed by atoms with Crippen molar-refractivity contribution in [1.82, 2.24) is 15.3 Å². The molecule has 0 atom stereocenters. The van der Waals surface area contributed by atoms with E-state index in [0.29, 0.717) is 19.5 Å². The number of carbonyl (C=O) groups is 1. The molecule has 6 nitrogen and oxygen atoms in total. The number of carbonyl (C=O) groups excluding carboxylic acids is 1. The molecule has 0 aliphatic carbocycles. The van der Waals surface area contributed by atoms with Crippen LogP contribution in [0.5, 0.6) is 0 Å². The van der Waals surface area contributed by atoms with Crippen LogP contribution in [-0.2, 0) is 11.2 Å². The maximum absolute atomic E-state index is 11.4. The van der Waals surface area contributed by atoms with Crippen LogP contribution in [0.4, 0.5) is 11.6 Å². The van der Waals surface area contributed by atoms with Crippen LogP contribution in [0.15, 0.2) is 0 Å². The molecule has 0 aliphatic rings. The number of hydrogen-bond donors (Lipinski definition) is 3. The second-order valence-corrected chi connectivity index (χ2v) is 4.20. The standard InChI is InChI=1S/C13H23N5O/c1-5-10-17-12(14-4)9(3)13(18-10)16-8-7-11(19)15-6-2/h5-8H2,1-4H3,(H,15,19)(H2,14,16,17,18). The van der Waals surface area contributed by atoms with Crippen molar-refractivity contribution in [1.29, 1.82) is 0 Å². The minimum absolute atomic E-state index is 0.0475. The number of aromatic nitrogens is 2. The molecule has 0 spiro atoms. The van der Waals surface area contributed by atoms with Gasteiger partial charge in [-0.05, 0) is 13.8 Å². The molecule has 0 bridgehead atoms. The van der Waals surface area contributed by atoms with Gasteiger partial charge in [-0.2, -0.15) is 0 Å². The highest BCUT2D eigenvalue weighted by Crippen LogP contribution is 2.19. The van der Waals surface area contributed by atoms with Crippen LogP contribution in [0.3, 0.4) is 0 Å². The molecule has 1 rings (SSSR count). The molecule has 0 radical (unpaired) electrons. The van der Waals surface area contributed by atoms with Crippen molar-refractivity contribution < 1.29 is 4.79 Å². The Balaban J connectivity index is 2.69. The van der Waals surface area contributed by atoms with E-state index in [4.69, 9.17) is 0 Å². The predicted octanol–water partition coefficient (Wildman–Crippen LogP) is 1.33. The van der Waals surface area contributed by atoms with E-state index in [0.717, 1.165) is 29.4 Å². The van der Waals surface area contributed by atoms with Crippen LogP contribution in [0.1, 0.15) is 31.7 Å². The van der Waals surface area contributed by atoms with Crippen molar-refractivity contribution in [2.24, 2.45) is 0 Å². The lowest BCUT2D eigenvalue weighted by atomic mass is 10.2. The molecule has 0 aromatic carbocycles. The Morgan fingerprint density at radius 1 is 1.21 bits per heavy atom. The van der Waals surface area contributed by atoms with Gasteiger partial charge in [0.15, 0.2) is 0 Å². The average Bonchev–Trinajstić information content (AvgIpc) is 2.41. The molecule has 3 N–H and O–H groups in total. The topological polar surface area (TPSA) is 78.9 Å². The van der Waals surface area contributed by atoms with Gasteiger partial charge in [-0.15, -0.1) is 0 Å². The number of anilines is 2. The molecule has 1 heterocycles. The van der Waals surface area contributed by atoms with Gasteiger partial charge >= 0.3 is 0 Å². The van der Waals surface area contributed by atoms with Crippen LogP contribution in [0, 0.1) is 6.92 Å². The molecule has 19 heavy (non-hydrogen) atoms. The van der Waals surface area contributed by atoms with Gasteiger partial charge in [0.1, 0.15) is 17.5 Å². The van der Waals surface area contributed by atoms with Gasteiger partial charge in [0.25, 0.3) is 0 Å². The first-order valence-corrected chi connectivity index (χ1v) is 6.68. The maximum Gasteiger partial charge on any atom is 0.221 e. The van der Waals surface area contributed by atoms with Gasteiger partial charge in [-0.1, -0.05) is 6.92 Å². The zero-order valence-corrected chi connectivity index (χ0v) is 12.1. The van der Waals surface area contributed by atoms with E-state index < -0.39 is 0 Å². The Morgan fingerprint density at radius 3 is 2.47 bits per heavy atom. The first-order chi connectivity index (χ1) is 9.12. The summed E-state index contributed by atoms with van der Waals surface area (Å²) in [5, 5.41) is 9.03. The zero-order chi connectivity index (χ0) is 14.3. The molecule has 1 amide bonds. The summed E-state index contributed by atoms with van der Waals surface area (Å²) in [6.07, 6.45) is 1.22. The molecule has 0 saturated carbocycles. The van der Waals surface area contributed by atoms with Gasteiger partial charge in [-0.3, -0.25) is 4.79 Å². The molecule has 1 aromatic rings. The van der Waals surface area contributed by atoms with Crippen molar-refractivity contribution in [3.63, 3.8) is 0 Å². The van der Waals surface area contributed by atoms with Gasteiger partial charge in [0.05, 0.1) is 0 Å². The number of rotatable bonds is 7. The SMILES string of the molecule is CCNC(=O)CCNc1nc(CC)nc(NC)c1C. The minimum atomic E-state index is 0.0475. The van der Waals surface area contributed by atoms with E-state index in [1.165, 1.54) is 0 Å². The molecule has 106 valence electrons. The van der Waals surface area contributed by atoms with Crippen LogP contribution in [0.2, 0.25) is 0 Å². The molecule has 1 aromatic heterocycles. The molecule has 0 aliphatic heterocycles. The summed E-state index contributed by atoms with van der Waals surface area (Å²) in [4.78, 5) is 20.2. The second-order valence-electron chi connectivity index (χ2n) is 4.20. The zero-order valence-electron chi connectivity index (χ0n) is 12.1. The Labute approximate surface area is 114 Å². The quantitative estimate of drug-likeness (QED) is 0.693. The van der Waals surface area contributed by atoms with Crippen LogP contribution in [0.25, 0.3) is 0 Å². The van der Waals surface area contributed by atoms with Gasteiger partial charge < -0.3 is 16.0 Å². The van der Waals surface area contributed by atoms with Crippen molar-refractivity contribution in [3.05, 3.63) is 11.4 Å². The normalized spacial score (nSPS) is 10.1. The number of aryl methyl sites for hydroxylation is 1. The highest BCUT2D eigenvalue weighted by molar-refractivity contribution is 5.76. The van der Waals surface area contributed by atoms with E-state index in [-0.39, 0.29) is 5.91 Å². The monoisotopic (exact) mass is 265 g/mol. The Morgan fingerprint density at radius 2 is 1.89 bits per heavy atom. The molecule has 0 fully saturated rings. The minimum Gasteiger partial charge on any atom is -0.373 e. The Bertz CT molecular complexity index is 433. The fourth-order valence-electron chi connectivity index (χ4n) is 1.72. The third kappa shape index (κ3) is 4.39. The number of hydrogen-bond acceptors (Lipinski definition) is 5. The fourth-order valence-corrected chi connectivity index (χ4v) is 1.72. The van der Waals surface area contributed by atoms with Crippen LogP contribution >= 0.6 is 0 Å². The van der Waals surface area contributed by atoms with Crippen molar-refractivity contribution >= 4 is 17.5 Å². The molecule has 6 heteroatoms.